The number of nitro groups is 1. The van der Waals surface area contributed by atoms with Crippen molar-refractivity contribution >= 4 is 43.9 Å². The van der Waals surface area contributed by atoms with Crippen LogP contribution in [0.5, 0.6) is 11.5 Å². The number of hydrogen-bond acceptors (Lipinski definition) is 8. The normalized spacial score (nSPS) is 11.2. The Labute approximate surface area is 192 Å². The van der Waals surface area contributed by atoms with Gasteiger partial charge in [-0.05, 0) is 36.4 Å². The van der Waals surface area contributed by atoms with Crippen LogP contribution >= 0.6 is 0 Å². The largest absolute Gasteiger partial charge is 0.506 e. The number of methoxy groups -OCH3 is 1. The summed E-state index contributed by atoms with van der Waals surface area (Å²) >= 11 is 0. The van der Waals surface area contributed by atoms with Crippen molar-refractivity contribution < 1.29 is 28.0 Å². The number of hydrogen-bond donors (Lipinski definition) is 4. The monoisotopic (exact) mass is 483 g/mol. The molecule has 1 aromatic heterocycles. The standard InChI is InChI=1S/C21H17N5O7S/c1-33-19-5-3-2-4-16(19)25-34(31,32)13-7-9-18(27)17(11-13)22-21(28)20-14-10-12(26(29)30)6-8-15(14)23-24-20/h2-11,25,27H,1H3,(H,22,28)(H,23,24). The molecule has 1 amide bonds. The van der Waals surface area contributed by atoms with Gasteiger partial charge in [-0.1, -0.05) is 12.1 Å². The zero-order chi connectivity index (χ0) is 24.5. The maximum absolute atomic E-state index is 12.9. The molecule has 0 radical (unpaired) electrons. The number of nitro benzene ring substituents is 1. The first-order valence-corrected chi connectivity index (χ1v) is 11.1. The number of carbonyl (C=O) groups excluding carboxylic acids is 1. The molecule has 174 valence electrons. The summed E-state index contributed by atoms with van der Waals surface area (Å²) < 4.78 is 33.3. The summed E-state index contributed by atoms with van der Waals surface area (Å²) in [6.45, 7) is 0. The Hall–Kier alpha value is -4.65. The van der Waals surface area contributed by atoms with Gasteiger partial charge in [0.2, 0.25) is 0 Å². The molecule has 0 aliphatic heterocycles. The number of anilines is 2. The van der Waals surface area contributed by atoms with Crippen LogP contribution in [0, 0.1) is 10.1 Å². The van der Waals surface area contributed by atoms with E-state index in [0.29, 0.717) is 11.3 Å². The van der Waals surface area contributed by atoms with Gasteiger partial charge in [0.15, 0.2) is 5.69 Å². The number of benzene rings is 3. The van der Waals surface area contributed by atoms with E-state index in [9.17, 15) is 28.4 Å². The van der Waals surface area contributed by atoms with Gasteiger partial charge in [0, 0.05) is 17.5 Å². The maximum atomic E-state index is 12.9. The van der Waals surface area contributed by atoms with Crippen molar-refractivity contribution in [1.82, 2.24) is 10.2 Å². The van der Waals surface area contributed by atoms with Crippen molar-refractivity contribution in [2.45, 2.75) is 4.90 Å². The Morgan fingerprint density at radius 1 is 1.12 bits per heavy atom. The average Bonchev–Trinajstić information content (AvgIpc) is 3.24. The van der Waals surface area contributed by atoms with Crippen molar-refractivity contribution in [2.24, 2.45) is 0 Å². The van der Waals surface area contributed by atoms with Crippen molar-refractivity contribution in [3.8, 4) is 11.5 Å². The molecule has 4 rings (SSSR count). The number of para-hydroxylation sites is 2. The number of carbonyl (C=O) groups is 1. The second-order valence-corrected chi connectivity index (χ2v) is 8.68. The summed E-state index contributed by atoms with van der Waals surface area (Å²) in [5, 5.41) is 30.3. The van der Waals surface area contributed by atoms with E-state index in [2.05, 4.69) is 20.2 Å². The minimum Gasteiger partial charge on any atom is -0.506 e. The van der Waals surface area contributed by atoms with Crippen LogP contribution in [0.15, 0.2) is 65.6 Å². The molecule has 12 nitrogen and oxygen atoms in total. The summed E-state index contributed by atoms with van der Waals surface area (Å²) in [5.74, 6) is -0.900. The van der Waals surface area contributed by atoms with Crippen LogP contribution in [0.3, 0.4) is 0 Å². The summed E-state index contributed by atoms with van der Waals surface area (Å²) in [6, 6.07) is 13.6. The molecule has 0 spiro atoms. The lowest BCUT2D eigenvalue weighted by Crippen LogP contribution is -2.16. The van der Waals surface area contributed by atoms with Crippen LogP contribution in [0.25, 0.3) is 10.9 Å². The summed E-state index contributed by atoms with van der Waals surface area (Å²) in [6.07, 6.45) is 0. The highest BCUT2D eigenvalue weighted by Crippen LogP contribution is 2.31. The lowest BCUT2D eigenvalue weighted by atomic mass is 10.2. The Bertz CT molecular complexity index is 1530. The molecular formula is C21H17N5O7S. The molecule has 4 aromatic rings. The minimum absolute atomic E-state index is 0.168. The highest BCUT2D eigenvalue weighted by molar-refractivity contribution is 7.92. The van der Waals surface area contributed by atoms with Crippen LogP contribution in [0.2, 0.25) is 0 Å². The van der Waals surface area contributed by atoms with Gasteiger partial charge in [-0.25, -0.2) is 8.42 Å². The van der Waals surface area contributed by atoms with Crippen molar-refractivity contribution in [3.05, 3.63) is 76.5 Å². The van der Waals surface area contributed by atoms with Gasteiger partial charge in [0.1, 0.15) is 11.5 Å². The van der Waals surface area contributed by atoms with Gasteiger partial charge < -0.3 is 15.2 Å². The Kier molecular flexibility index (Phi) is 5.77. The minimum atomic E-state index is -4.11. The number of aromatic hydroxyl groups is 1. The number of rotatable bonds is 7. The number of aromatic amines is 1. The molecule has 4 N–H and O–H groups in total. The molecule has 0 aliphatic rings. The summed E-state index contributed by atoms with van der Waals surface area (Å²) in [4.78, 5) is 23.0. The second-order valence-electron chi connectivity index (χ2n) is 7.00. The zero-order valence-electron chi connectivity index (χ0n) is 17.5. The van der Waals surface area contributed by atoms with Gasteiger partial charge in [-0.2, -0.15) is 5.10 Å². The molecule has 13 heteroatoms. The number of fused-ring (bicyclic) bond motifs is 1. The number of nitrogens with zero attached hydrogens (tertiary/aromatic N) is 2. The van der Waals surface area contributed by atoms with Gasteiger partial charge in [-0.3, -0.25) is 24.7 Å². The molecule has 34 heavy (non-hydrogen) atoms. The van der Waals surface area contributed by atoms with E-state index in [0.717, 1.165) is 18.2 Å². The molecule has 0 atom stereocenters. The number of aromatic nitrogens is 2. The number of H-pyrrole nitrogens is 1. The number of amides is 1. The van der Waals surface area contributed by atoms with E-state index in [1.807, 2.05) is 0 Å². The third-order valence-corrected chi connectivity index (χ3v) is 6.21. The molecule has 0 fully saturated rings. The third kappa shape index (κ3) is 4.31. The molecule has 0 bridgehead atoms. The lowest BCUT2D eigenvalue weighted by molar-refractivity contribution is -0.384. The van der Waals surface area contributed by atoms with Crippen LogP contribution in [0.4, 0.5) is 17.1 Å². The number of sulfonamides is 1. The van der Waals surface area contributed by atoms with E-state index in [-0.39, 0.29) is 33.0 Å². The average molecular weight is 483 g/mol. The predicted octanol–water partition coefficient (Wildman–Crippen LogP) is 3.24. The van der Waals surface area contributed by atoms with Crippen LogP contribution in [0.1, 0.15) is 10.5 Å². The number of phenolic OH excluding ortho intramolecular Hbond substituents is 1. The summed E-state index contributed by atoms with van der Waals surface area (Å²) in [5.41, 5.74) is -0.0140. The highest BCUT2D eigenvalue weighted by atomic mass is 32.2. The van der Waals surface area contributed by atoms with E-state index >= 15 is 0 Å². The molecule has 0 saturated carbocycles. The first-order valence-electron chi connectivity index (χ1n) is 9.62. The number of ether oxygens (including phenoxy) is 1. The second kappa shape index (κ2) is 8.71. The topological polar surface area (TPSA) is 177 Å². The third-order valence-electron chi connectivity index (χ3n) is 4.85. The van der Waals surface area contributed by atoms with Crippen LogP contribution < -0.4 is 14.8 Å². The van der Waals surface area contributed by atoms with Gasteiger partial charge >= 0.3 is 0 Å². The van der Waals surface area contributed by atoms with Gasteiger partial charge in [0.05, 0.1) is 33.8 Å². The molecule has 0 unspecified atom stereocenters. The Morgan fingerprint density at radius 3 is 2.62 bits per heavy atom. The molecule has 0 aliphatic carbocycles. The van der Waals surface area contributed by atoms with E-state index in [1.54, 1.807) is 18.2 Å². The van der Waals surface area contributed by atoms with Gasteiger partial charge in [-0.15, -0.1) is 0 Å². The SMILES string of the molecule is COc1ccccc1NS(=O)(=O)c1ccc(O)c(NC(=O)c2n[nH]c3ccc([N+](=O)[O-])cc23)c1. The van der Waals surface area contributed by atoms with Gasteiger partial charge in [0.25, 0.3) is 21.6 Å². The van der Waals surface area contributed by atoms with Crippen molar-refractivity contribution in [2.75, 3.05) is 17.1 Å². The fourth-order valence-corrected chi connectivity index (χ4v) is 4.28. The Morgan fingerprint density at radius 2 is 1.88 bits per heavy atom. The predicted molar refractivity (Wildman–Crippen MR) is 123 cm³/mol. The van der Waals surface area contributed by atoms with E-state index in [1.165, 1.54) is 31.4 Å². The number of phenols is 1. The van der Waals surface area contributed by atoms with E-state index in [4.69, 9.17) is 4.74 Å². The molecule has 0 saturated heterocycles. The quantitative estimate of drug-likeness (QED) is 0.176. The van der Waals surface area contributed by atoms with Crippen molar-refractivity contribution in [3.63, 3.8) is 0 Å². The number of non-ortho nitro benzene ring substituents is 1. The fraction of sp³-hybridized carbons (Fsp3) is 0.0476. The van der Waals surface area contributed by atoms with Crippen LogP contribution in [-0.2, 0) is 10.0 Å². The Balaban J connectivity index is 1.64. The molecular weight excluding hydrogens is 466 g/mol. The summed E-state index contributed by atoms with van der Waals surface area (Å²) in [7, 11) is -2.72. The van der Waals surface area contributed by atoms with E-state index < -0.39 is 26.6 Å². The maximum Gasteiger partial charge on any atom is 0.276 e. The fourth-order valence-electron chi connectivity index (χ4n) is 3.19. The number of nitrogens with one attached hydrogen (secondary N) is 3. The first kappa shape index (κ1) is 22.5. The highest BCUT2D eigenvalue weighted by Gasteiger charge is 2.21. The smallest absolute Gasteiger partial charge is 0.276 e. The van der Waals surface area contributed by atoms with Crippen LogP contribution in [-0.4, -0.2) is 41.7 Å². The molecule has 3 aromatic carbocycles. The first-order chi connectivity index (χ1) is 16.2. The van der Waals surface area contributed by atoms with Crippen molar-refractivity contribution in [1.29, 1.82) is 0 Å². The lowest BCUT2D eigenvalue weighted by Gasteiger charge is -2.13. The zero-order valence-corrected chi connectivity index (χ0v) is 18.3. The molecule has 1 heterocycles.